The largest absolute Gasteiger partial charge is 0.370 e. The lowest BCUT2D eigenvalue weighted by Crippen LogP contribution is -2.34. The minimum absolute atomic E-state index is 0.517. The van der Waals surface area contributed by atoms with Crippen molar-refractivity contribution in [3.63, 3.8) is 0 Å². The zero-order valence-corrected chi connectivity index (χ0v) is 12.0. The lowest BCUT2D eigenvalue weighted by atomic mass is 10.3. The molecule has 0 saturated heterocycles. The number of rotatable bonds is 8. The quantitative estimate of drug-likeness (QED) is 0.539. The molecule has 0 bridgehead atoms. The fraction of sp³-hybridized carbons (Fsp3) is 0.571. The standard InChI is InChI=1S/C14H25N5/c1-3-19(4-2)12-11-18-14(15)17-10-8-13-7-5-6-9-16-13/h5-7,9H,3-4,8,10-12H2,1-2H3,(H3,15,17,18). The van der Waals surface area contributed by atoms with Gasteiger partial charge in [0.25, 0.3) is 0 Å². The van der Waals surface area contributed by atoms with E-state index in [0.717, 1.165) is 44.8 Å². The van der Waals surface area contributed by atoms with E-state index in [1.807, 2.05) is 18.2 Å². The van der Waals surface area contributed by atoms with E-state index in [1.54, 1.807) is 6.20 Å². The van der Waals surface area contributed by atoms with E-state index in [2.05, 4.69) is 34.0 Å². The van der Waals surface area contributed by atoms with Gasteiger partial charge >= 0.3 is 0 Å². The van der Waals surface area contributed by atoms with Gasteiger partial charge in [-0.3, -0.25) is 9.98 Å². The van der Waals surface area contributed by atoms with Crippen molar-refractivity contribution < 1.29 is 0 Å². The number of nitrogens with zero attached hydrogens (tertiary/aromatic N) is 3. The van der Waals surface area contributed by atoms with Crippen LogP contribution >= 0.6 is 0 Å². The molecule has 0 atom stereocenters. The smallest absolute Gasteiger partial charge is 0.188 e. The predicted molar refractivity (Wildman–Crippen MR) is 80.2 cm³/mol. The molecule has 19 heavy (non-hydrogen) atoms. The molecule has 0 spiro atoms. The minimum Gasteiger partial charge on any atom is -0.370 e. The summed E-state index contributed by atoms with van der Waals surface area (Å²) < 4.78 is 0. The molecule has 0 aromatic carbocycles. The zero-order chi connectivity index (χ0) is 13.9. The van der Waals surface area contributed by atoms with Crippen LogP contribution in [-0.4, -0.2) is 48.6 Å². The average molecular weight is 263 g/mol. The Morgan fingerprint density at radius 1 is 1.37 bits per heavy atom. The van der Waals surface area contributed by atoms with Crippen LogP contribution in [0.2, 0.25) is 0 Å². The van der Waals surface area contributed by atoms with Crippen LogP contribution in [0.1, 0.15) is 19.5 Å². The van der Waals surface area contributed by atoms with Gasteiger partial charge in [-0.15, -0.1) is 0 Å². The van der Waals surface area contributed by atoms with Crippen molar-refractivity contribution in [2.45, 2.75) is 20.3 Å². The number of pyridine rings is 1. The van der Waals surface area contributed by atoms with Gasteiger partial charge in [0, 0.05) is 31.4 Å². The lowest BCUT2D eigenvalue weighted by molar-refractivity contribution is 0.313. The van der Waals surface area contributed by atoms with Crippen molar-refractivity contribution in [2.24, 2.45) is 10.7 Å². The lowest BCUT2D eigenvalue weighted by Gasteiger charge is -2.16. The summed E-state index contributed by atoms with van der Waals surface area (Å²) in [4.78, 5) is 10.9. The van der Waals surface area contributed by atoms with E-state index in [0.29, 0.717) is 5.96 Å². The molecule has 1 rings (SSSR count). The zero-order valence-electron chi connectivity index (χ0n) is 12.0. The summed E-state index contributed by atoms with van der Waals surface area (Å²) in [7, 11) is 0. The van der Waals surface area contributed by atoms with E-state index < -0.39 is 0 Å². The van der Waals surface area contributed by atoms with E-state index in [1.165, 1.54) is 0 Å². The van der Waals surface area contributed by atoms with Crippen LogP contribution in [0.25, 0.3) is 0 Å². The van der Waals surface area contributed by atoms with Gasteiger partial charge < -0.3 is 16.0 Å². The van der Waals surface area contributed by atoms with Gasteiger partial charge in [0.15, 0.2) is 5.96 Å². The normalized spacial score (nSPS) is 11.8. The Labute approximate surface area is 115 Å². The molecule has 0 radical (unpaired) electrons. The Morgan fingerprint density at radius 3 is 2.79 bits per heavy atom. The molecule has 5 heteroatoms. The van der Waals surface area contributed by atoms with Crippen LogP contribution in [0.3, 0.4) is 0 Å². The molecular weight excluding hydrogens is 238 g/mol. The highest BCUT2D eigenvalue weighted by Crippen LogP contribution is 1.92. The molecular formula is C14H25N5. The molecule has 106 valence electrons. The van der Waals surface area contributed by atoms with Crippen LogP contribution in [-0.2, 0) is 6.42 Å². The predicted octanol–water partition coefficient (Wildman–Crippen LogP) is 0.870. The molecule has 0 unspecified atom stereocenters. The summed E-state index contributed by atoms with van der Waals surface area (Å²) in [6.45, 7) is 8.87. The number of aliphatic imine (C=N–C) groups is 1. The highest BCUT2D eigenvalue weighted by atomic mass is 15.1. The second-order valence-corrected chi connectivity index (χ2v) is 4.29. The second-order valence-electron chi connectivity index (χ2n) is 4.29. The molecule has 0 aliphatic heterocycles. The maximum atomic E-state index is 5.81. The fourth-order valence-corrected chi connectivity index (χ4v) is 1.77. The Hall–Kier alpha value is -1.62. The van der Waals surface area contributed by atoms with Crippen molar-refractivity contribution in [1.82, 2.24) is 15.2 Å². The third-order valence-electron chi connectivity index (χ3n) is 3.01. The maximum absolute atomic E-state index is 5.81. The third kappa shape index (κ3) is 6.76. The number of hydrogen-bond acceptors (Lipinski definition) is 3. The van der Waals surface area contributed by atoms with Crippen LogP contribution in [0, 0.1) is 0 Å². The van der Waals surface area contributed by atoms with E-state index in [9.17, 15) is 0 Å². The minimum atomic E-state index is 0.517. The highest BCUT2D eigenvalue weighted by molar-refractivity contribution is 5.77. The van der Waals surface area contributed by atoms with Crippen molar-refractivity contribution in [3.05, 3.63) is 30.1 Å². The number of nitrogens with one attached hydrogen (secondary N) is 1. The Morgan fingerprint density at radius 2 is 2.16 bits per heavy atom. The number of hydrogen-bond donors (Lipinski definition) is 2. The van der Waals surface area contributed by atoms with Crippen LogP contribution in [0.15, 0.2) is 29.4 Å². The van der Waals surface area contributed by atoms with E-state index in [4.69, 9.17) is 5.73 Å². The number of guanidine groups is 1. The van der Waals surface area contributed by atoms with Gasteiger partial charge in [0.2, 0.25) is 0 Å². The molecule has 0 fully saturated rings. The Balaban J connectivity index is 2.18. The Kier molecular flexibility index (Phi) is 7.58. The van der Waals surface area contributed by atoms with Gasteiger partial charge in [-0.05, 0) is 25.2 Å². The SMILES string of the molecule is CCN(CC)CCN=C(N)NCCc1ccccn1. The van der Waals surface area contributed by atoms with Crippen LogP contribution < -0.4 is 11.1 Å². The third-order valence-corrected chi connectivity index (χ3v) is 3.01. The summed E-state index contributed by atoms with van der Waals surface area (Å²) in [6, 6.07) is 5.92. The highest BCUT2D eigenvalue weighted by Gasteiger charge is 1.98. The molecule has 1 aromatic rings. The van der Waals surface area contributed by atoms with Crippen molar-refractivity contribution >= 4 is 5.96 Å². The first kappa shape index (κ1) is 15.4. The van der Waals surface area contributed by atoms with Crippen molar-refractivity contribution in [1.29, 1.82) is 0 Å². The summed E-state index contributed by atoms with van der Waals surface area (Å²) in [5.74, 6) is 0.517. The van der Waals surface area contributed by atoms with Gasteiger partial charge in [-0.1, -0.05) is 19.9 Å². The average Bonchev–Trinajstić information content (AvgIpc) is 2.45. The monoisotopic (exact) mass is 263 g/mol. The van der Waals surface area contributed by atoms with Gasteiger partial charge in [0.05, 0.1) is 6.54 Å². The fourth-order valence-electron chi connectivity index (χ4n) is 1.77. The maximum Gasteiger partial charge on any atom is 0.188 e. The first-order valence-corrected chi connectivity index (χ1v) is 6.92. The summed E-state index contributed by atoms with van der Waals surface area (Å²) in [5, 5.41) is 3.11. The van der Waals surface area contributed by atoms with E-state index in [-0.39, 0.29) is 0 Å². The van der Waals surface area contributed by atoms with Gasteiger partial charge in [-0.25, -0.2) is 0 Å². The molecule has 5 nitrogen and oxygen atoms in total. The summed E-state index contributed by atoms with van der Waals surface area (Å²) in [5.41, 5.74) is 6.87. The van der Waals surface area contributed by atoms with Gasteiger partial charge in [0.1, 0.15) is 0 Å². The molecule has 3 N–H and O–H groups in total. The van der Waals surface area contributed by atoms with E-state index >= 15 is 0 Å². The molecule has 1 aromatic heterocycles. The van der Waals surface area contributed by atoms with Crippen LogP contribution in [0.4, 0.5) is 0 Å². The number of nitrogens with two attached hydrogens (primary N) is 1. The summed E-state index contributed by atoms with van der Waals surface area (Å²) in [6.07, 6.45) is 2.66. The molecule has 0 amide bonds. The van der Waals surface area contributed by atoms with Crippen molar-refractivity contribution in [2.75, 3.05) is 32.7 Å². The Bertz CT molecular complexity index is 359. The first-order chi connectivity index (χ1) is 9.26. The summed E-state index contributed by atoms with van der Waals surface area (Å²) >= 11 is 0. The number of aromatic nitrogens is 1. The van der Waals surface area contributed by atoms with Crippen LogP contribution in [0.5, 0.6) is 0 Å². The van der Waals surface area contributed by atoms with Gasteiger partial charge in [-0.2, -0.15) is 0 Å². The first-order valence-electron chi connectivity index (χ1n) is 6.92. The molecule has 1 heterocycles. The molecule has 0 aliphatic carbocycles. The van der Waals surface area contributed by atoms with Crippen molar-refractivity contribution in [3.8, 4) is 0 Å². The number of likely N-dealkylation sites (N-methyl/N-ethyl adjacent to an activating group) is 1. The molecule has 0 aliphatic rings. The second kappa shape index (κ2) is 9.33. The topological polar surface area (TPSA) is 66.5 Å². The molecule has 0 saturated carbocycles.